The van der Waals surface area contributed by atoms with Crippen LogP contribution in [0.3, 0.4) is 0 Å². The Morgan fingerprint density at radius 1 is 1.20 bits per heavy atom. The summed E-state index contributed by atoms with van der Waals surface area (Å²) in [7, 11) is 0. The van der Waals surface area contributed by atoms with Gasteiger partial charge in [0.05, 0.1) is 6.54 Å². The average molecular weight is 343 g/mol. The van der Waals surface area contributed by atoms with Gasteiger partial charge in [-0.3, -0.25) is 9.48 Å². The number of hydrogen-bond donors (Lipinski definition) is 0. The Labute approximate surface area is 147 Å². The van der Waals surface area contributed by atoms with Crippen LogP contribution in [0.4, 0.5) is 5.82 Å². The van der Waals surface area contributed by atoms with Gasteiger partial charge in [-0.25, -0.2) is 15.0 Å². The van der Waals surface area contributed by atoms with Gasteiger partial charge in [0.1, 0.15) is 24.3 Å². The number of rotatable bonds is 5. The van der Waals surface area contributed by atoms with Crippen molar-refractivity contribution in [2.24, 2.45) is 0 Å². The number of aryl methyl sites for hydroxylation is 2. The molecule has 0 N–H and O–H groups in total. The second-order valence-corrected chi connectivity index (χ2v) is 6.66. The summed E-state index contributed by atoms with van der Waals surface area (Å²) in [6, 6.07) is 2.02. The highest BCUT2D eigenvalue weighted by molar-refractivity contribution is 5.76. The van der Waals surface area contributed by atoms with E-state index in [2.05, 4.69) is 38.8 Å². The van der Waals surface area contributed by atoms with Gasteiger partial charge >= 0.3 is 0 Å². The molecule has 2 aromatic heterocycles. The summed E-state index contributed by atoms with van der Waals surface area (Å²) in [5.74, 6) is 2.31. The fourth-order valence-corrected chi connectivity index (χ4v) is 2.90. The standard InChI is InChI=1S/C17H25N7O/c1-13(2)17-20-14(3)10-15(21-17)22-6-8-23(9-7-22)16(25)4-5-24-12-18-11-19-24/h10-13H,4-9H2,1-3H3. The molecule has 3 heterocycles. The predicted octanol–water partition coefficient (Wildman–Crippen LogP) is 1.24. The molecule has 8 heteroatoms. The van der Waals surface area contributed by atoms with Gasteiger partial charge in [0.25, 0.3) is 0 Å². The monoisotopic (exact) mass is 343 g/mol. The first-order valence-electron chi connectivity index (χ1n) is 8.73. The van der Waals surface area contributed by atoms with Crippen LogP contribution in [0.5, 0.6) is 0 Å². The molecule has 2 aromatic rings. The van der Waals surface area contributed by atoms with E-state index in [4.69, 9.17) is 0 Å². The van der Waals surface area contributed by atoms with Gasteiger partial charge < -0.3 is 9.80 Å². The topological polar surface area (TPSA) is 80.0 Å². The Balaban J connectivity index is 1.55. The molecule has 0 spiro atoms. The molecular formula is C17H25N7O. The quantitative estimate of drug-likeness (QED) is 0.812. The van der Waals surface area contributed by atoms with Crippen molar-refractivity contribution >= 4 is 11.7 Å². The SMILES string of the molecule is Cc1cc(N2CCN(C(=O)CCn3cncn3)CC2)nc(C(C)C)n1. The van der Waals surface area contributed by atoms with E-state index in [0.29, 0.717) is 18.9 Å². The lowest BCUT2D eigenvalue weighted by molar-refractivity contribution is -0.131. The summed E-state index contributed by atoms with van der Waals surface area (Å²) < 4.78 is 1.69. The van der Waals surface area contributed by atoms with Gasteiger partial charge in [-0.05, 0) is 6.92 Å². The number of carbonyl (C=O) groups is 1. The van der Waals surface area contributed by atoms with Crippen molar-refractivity contribution in [1.29, 1.82) is 0 Å². The number of amides is 1. The lowest BCUT2D eigenvalue weighted by Gasteiger charge is -2.35. The molecule has 1 fully saturated rings. The summed E-state index contributed by atoms with van der Waals surface area (Å²) >= 11 is 0. The zero-order valence-corrected chi connectivity index (χ0v) is 15.1. The second-order valence-electron chi connectivity index (χ2n) is 6.66. The second kappa shape index (κ2) is 7.58. The Kier molecular flexibility index (Phi) is 5.25. The molecule has 0 unspecified atom stereocenters. The van der Waals surface area contributed by atoms with Gasteiger partial charge in [-0.15, -0.1) is 0 Å². The fraction of sp³-hybridized carbons (Fsp3) is 0.588. The van der Waals surface area contributed by atoms with Crippen molar-refractivity contribution < 1.29 is 4.79 Å². The molecule has 1 amide bonds. The lowest BCUT2D eigenvalue weighted by atomic mass is 10.2. The molecule has 3 rings (SSSR count). The molecule has 1 aliphatic heterocycles. The molecule has 8 nitrogen and oxygen atoms in total. The third-order valence-electron chi connectivity index (χ3n) is 4.35. The third-order valence-corrected chi connectivity index (χ3v) is 4.35. The normalized spacial score (nSPS) is 15.0. The van der Waals surface area contributed by atoms with Crippen LogP contribution in [-0.2, 0) is 11.3 Å². The van der Waals surface area contributed by atoms with Gasteiger partial charge in [0.15, 0.2) is 0 Å². The number of carbonyl (C=O) groups excluding carboxylic acids is 1. The molecule has 0 bridgehead atoms. The van der Waals surface area contributed by atoms with Crippen LogP contribution < -0.4 is 4.90 Å². The van der Waals surface area contributed by atoms with E-state index in [1.165, 1.54) is 6.33 Å². The van der Waals surface area contributed by atoms with Crippen molar-refractivity contribution in [1.82, 2.24) is 29.6 Å². The minimum Gasteiger partial charge on any atom is -0.353 e. The van der Waals surface area contributed by atoms with Crippen molar-refractivity contribution in [2.75, 3.05) is 31.1 Å². The molecule has 1 aliphatic rings. The Hall–Kier alpha value is -2.51. The molecule has 0 saturated carbocycles. The molecule has 134 valence electrons. The fourth-order valence-electron chi connectivity index (χ4n) is 2.90. The van der Waals surface area contributed by atoms with E-state index in [9.17, 15) is 4.79 Å². The maximum absolute atomic E-state index is 12.4. The van der Waals surface area contributed by atoms with Crippen LogP contribution in [0.2, 0.25) is 0 Å². The average Bonchev–Trinajstić information content (AvgIpc) is 3.13. The predicted molar refractivity (Wildman–Crippen MR) is 94.3 cm³/mol. The molecule has 0 atom stereocenters. The highest BCUT2D eigenvalue weighted by Crippen LogP contribution is 2.18. The van der Waals surface area contributed by atoms with Gasteiger partial charge in [0, 0.05) is 50.3 Å². The maximum atomic E-state index is 12.4. The Bertz CT molecular complexity index is 706. The first-order valence-corrected chi connectivity index (χ1v) is 8.73. The van der Waals surface area contributed by atoms with Crippen LogP contribution >= 0.6 is 0 Å². The van der Waals surface area contributed by atoms with Gasteiger partial charge in [0.2, 0.25) is 5.91 Å². The van der Waals surface area contributed by atoms with Crippen molar-refractivity contribution in [2.45, 2.75) is 39.7 Å². The molecule has 1 saturated heterocycles. The van der Waals surface area contributed by atoms with Gasteiger partial charge in [-0.1, -0.05) is 13.8 Å². The maximum Gasteiger partial charge on any atom is 0.224 e. The summed E-state index contributed by atoms with van der Waals surface area (Å²) in [5.41, 5.74) is 0.986. The zero-order chi connectivity index (χ0) is 17.8. The van der Waals surface area contributed by atoms with Crippen LogP contribution in [-0.4, -0.2) is 61.7 Å². The van der Waals surface area contributed by atoms with E-state index >= 15 is 0 Å². The first kappa shape index (κ1) is 17.3. The molecule has 0 aliphatic carbocycles. The minimum atomic E-state index is 0.164. The summed E-state index contributed by atoms with van der Waals surface area (Å²) in [6.07, 6.45) is 3.57. The summed E-state index contributed by atoms with van der Waals surface area (Å²) in [6.45, 7) is 9.80. The largest absolute Gasteiger partial charge is 0.353 e. The molecule has 0 aromatic carbocycles. The number of piperazine rings is 1. The van der Waals surface area contributed by atoms with E-state index in [1.54, 1.807) is 11.0 Å². The first-order chi connectivity index (χ1) is 12.0. The van der Waals surface area contributed by atoms with Crippen molar-refractivity contribution in [3.05, 3.63) is 30.2 Å². The van der Waals surface area contributed by atoms with Gasteiger partial charge in [-0.2, -0.15) is 5.10 Å². The van der Waals surface area contributed by atoms with Crippen LogP contribution in [0, 0.1) is 6.92 Å². The van der Waals surface area contributed by atoms with E-state index in [-0.39, 0.29) is 5.91 Å². The number of nitrogens with zero attached hydrogens (tertiary/aromatic N) is 7. The Morgan fingerprint density at radius 3 is 2.60 bits per heavy atom. The van der Waals surface area contributed by atoms with E-state index in [0.717, 1.165) is 43.5 Å². The highest BCUT2D eigenvalue weighted by atomic mass is 16.2. The van der Waals surface area contributed by atoms with E-state index < -0.39 is 0 Å². The summed E-state index contributed by atoms with van der Waals surface area (Å²) in [5, 5.41) is 4.03. The molecule has 25 heavy (non-hydrogen) atoms. The molecular weight excluding hydrogens is 318 g/mol. The van der Waals surface area contributed by atoms with Crippen LogP contribution in [0.25, 0.3) is 0 Å². The Morgan fingerprint density at radius 2 is 1.96 bits per heavy atom. The third kappa shape index (κ3) is 4.32. The van der Waals surface area contributed by atoms with Crippen molar-refractivity contribution in [3.63, 3.8) is 0 Å². The minimum absolute atomic E-state index is 0.164. The van der Waals surface area contributed by atoms with Crippen LogP contribution in [0.15, 0.2) is 18.7 Å². The number of aromatic nitrogens is 5. The van der Waals surface area contributed by atoms with Crippen LogP contribution in [0.1, 0.15) is 37.7 Å². The highest BCUT2D eigenvalue weighted by Gasteiger charge is 2.22. The lowest BCUT2D eigenvalue weighted by Crippen LogP contribution is -2.49. The molecule has 0 radical (unpaired) electrons. The number of anilines is 1. The smallest absolute Gasteiger partial charge is 0.224 e. The summed E-state index contributed by atoms with van der Waals surface area (Å²) in [4.78, 5) is 29.6. The van der Waals surface area contributed by atoms with E-state index in [1.807, 2.05) is 17.9 Å². The number of hydrogen-bond acceptors (Lipinski definition) is 6. The van der Waals surface area contributed by atoms with Crippen molar-refractivity contribution in [3.8, 4) is 0 Å². The zero-order valence-electron chi connectivity index (χ0n) is 15.1.